The fourth-order valence-electron chi connectivity index (χ4n) is 1.48. The van der Waals surface area contributed by atoms with Gasteiger partial charge < -0.3 is 15.4 Å². The maximum absolute atomic E-state index is 11.8. The van der Waals surface area contributed by atoms with Crippen LogP contribution >= 0.6 is 0 Å². The average Bonchev–Trinajstić information content (AvgIpc) is 2.41. The lowest BCUT2D eigenvalue weighted by Gasteiger charge is -2.09. The molecule has 0 aliphatic heterocycles. The fraction of sp³-hybridized carbons (Fsp3) is 0.467. The van der Waals surface area contributed by atoms with E-state index in [2.05, 4.69) is 24.5 Å². The molecule has 0 unspecified atom stereocenters. The maximum atomic E-state index is 11.8. The zero-order chi connectivity index (χ0) is 15.0. The molecule has 2 amide bonds. The summed E-state index contributed by atoms with van der Waals surface area (Å²) in [5.74, 6) is 0.955. The van der Waals surface area contributed by atoms with Crippen LogP contribution in [0.1, 0.15) is 31.1 Å². The third-order valence-corrected chi connectivity index (χ3v) is 2.48. The zero-order valence-electron chi connectivity index (χ0n) is 12.2. The SMILES string of the molecule is CC(=O)NCCNC(=O)c1ccc(OCC(C)C)cc1. The van der Waals surface area contributed by atoms with Crippen LogP contribution in [0.15, 0.2) is 24.3 Å². The summed E-state index contributed by atoms with van der Waals surface area (Å²) in [5.41, 5.74) is 0.574. The number of nitrogens with one attached hydrogen (secondary N) is 2. The first-order chi connectivity index (χ1) is 9.49. The minimum absolute atomic E-state index is 0.106. The summed E-state index contributed by atoms with van der Waals surface area (Å²) in [5, 5.41) is 5.34. The van der Waals surface area contributed by atoms with Crippen molar-refractivity contribution in [3.05, 3.63) is 29.8 Å². The molecule has 1 aromatic carbocycles. The first-order valence-electron chi connectivity index (χ1n) is 6.74. The van der Waals surface area contributed by atoms with Crippen LogP contribution in [-0.2, 0) is 4.79 Å². The number of carbonyl (C=O) groups is 2. The van der Waals surface area contributed by atoms with Crippen molar-refractivity contribution in [3.8, 4) is 5.75 Å². The molecular formula is C15H22N2O3. The van der Waals surface area contributed by atoms with Crippen molar-refractivity contribution in [3.63, 3.8) is 0 Å². The highest BCUT2D eigenvalue weighted by Crippen LogP contribution is 2.13. The predicted molar refractivity (Wildman–Crippen MR) is 77.8 cm³/mol. The van der Waals surface area contributed by atoms with Gasteiger partial charge in [-0.05, 0) is 30.2 Å². The van der Waals surface area contributed by atoms with Crippen molar-refractivity contribution >= 4 is 11.8 Å². The van der Waals surface area contributed by atoms with Crippen LogP contribution in [-0.4, -0.2) is 31.5 Å². The van der Waals surface area contributed by atoms with Gasteiger partial charge in [-0.15, -0.1) is 0 Å². The Balaban J connectivity index is 2.39. The highest BCUT2D eigenvalue weighted by atomic mass is 16.5. The fourth-order valence-corrected chi connectivity index (χ4v) is 1.48. The average molecular weight is 278 g/mol. The summed E-state index contributed by atoms with van der Waals surface area (Å²) in [6, 6.07) is 7.02. The van der Waals surface area contributed by atoms with E-state index in [0.717, 1.165) is 5.75 Å². The van der Waals surface area contributed by atoms with E-state index in [0.29, 0.717) is 31.2 Å². The lowest BCUT2D eigenvalue weighted by atomic mass is 10.2. The number of benzene rings is 1. The topological polar surface area (TPSA) is 67.4 Å². The van der Waals surface area contributed by atoms with Gasteiger partial charge in [0, 0.05) is 25.6 Å². The van der Waals surface area contributed by atoms with Gasteiger partial charge in [0.25, 0.3) is 5.91 Å². The molecule has 0 radical (unpaired) electrons. The molecule has 5 heteroatoms. The maximum Gasteiger partial charge on any atom is 0.251 e. The van der Waals surface area contributed by atoms with Crippen molar-refractivity contribution in [2.24, 2.45) is 5.92 Å². The number of rotatable bonds is 7. The Morgan fingerprint density at radius 2 is 1.70 bits per heavy atom. The molecule has 2 N–H and O–H groups in total. The summed E-state index contributed by atoms with van der Waals surface area (Å²) in [4.78, 5) is 22.5. The van der Waals surface area contributed by atoms with Gasteiger partial charge in [0.05, 0.1) is 6.61 Å². The van der Waals surface area contributed by atoms with Gasteiger partial charge in [-0.2, -0.15) is 0 Å². The van der Waals surface area contributed by atoms with Gasteiger partial charge in [0.15, 0.2) is 0 Å². The largest absolute Gasteiger partial charge is 0.493 e. The van der Waals surface area contributed by atoms with Gasteiger partial charge in [-0.3, -0.25) is 9.59 Å². The molecule has 0 saturated carbocycles. The molecule has 0 saturated heterocycles. The molecule has 0 aliphatic rings. The van der Waals surface area contributed by atoms with Gasteiger partial charge in [0.1, 0.15) is 5.75 Å². The van der Waals surface area contributed by atoms with Crippen LogP contribution in [0.3, 0.4) is 0 Å². The van der Waals surface area contributed by atoms with Crippen molar-refractivity contribution < 1.29 is 14.3 Å². The molecule has 0 aromatic heterocycles. The highest BCUT2D eigenvalue weighted by molar-refractivity contribution is 5.94. The zero-order valence-corrected chi connectivity index (χ0v) is 12.2. The van der Waals surface area contributed by atoms with Gasteiger partial charge >= 0.3 is 0 Å². The molecule has 0 fully saturated rings. The second kappa shape index (κ2) is 8.19. The molecule has 20 heavy (non-hydrogen) atoms. The Morgan fingerprint density at radius 3 is 2.25 bits per heavy atom. The van der Waals surface area contributed by atoms with E-state index >= 15 is 0 Å². The lowest BCUT2D eigenvalue weighted by Crippen LogP contribution is -2.33. The number of amides is 2. The Morgan fingerprint density at radius 1 is 1.10 bits per heavy atom. The van der Waals surface area contributed by atoms with Crippen molar-refractivity contribution in [2.75, 3.05) is 19.7 Å². The van der Waals surface area contributed by atoms with E-state index in [-0.39, 0.29) is 11.8 Å². The summed E-state index contributed by atoms with van der Waals surface area (Å²) in [7, 11) is 0. The number of carbonyl (C=O) groups excluding carboxylic acids is 2. The number of ether oxygens (including phenoxy) is 1. The van der Waals surface area contributed by atoms with Crippen LogP contribution < -0.4 is 15.4 Å². The van der Waals surface area contributed by atoms with Crippen LogP contribution in [0.5, 0.6) is 5.75 Å². The van der Waals surface area contributed by atoms with E-state index in [9.17, 15) is 9.59 Å². The first-order valence-corrected chi connectivity index (χ1v) is 6.74. The van der Waals surface area contributed by atoms with E-state index in [1.54, 1.807) is 24.3 Å². The van der Waals surface area contributed by atoms with Crippen LogP contribution in [0.2, 0.25) is 0 Å². The third-order valence-electron chi connectivity index (χ3n) is 2.48. The smallest absolute Gasteiger partial charge is 0.251 e. The number of hydrogen-bond donors (Lipinski definition) is 2. The molecule has 110 valence electrons. The molecule has 5 nitrogen and oxygen atoms in total. The summed E-state index contributed by atoms with van der Waals surface area (Å²) in [6.07, 6.45) is 0. The van der Waals surface area contributed by atoms with E-state index in [4.69, 9.17) is 4.74 Å². The second-order valence-corrected chi connectivity index (χ2v) is 4.97. The normalized spacial score (nSPS) is 10.2. The van der Waals surface area contributed by atoms with Crippen LogP contribution in [0.4, 0.5) is 0 Å². The summed E-state index contributed by atoms with van der Waals surface area (Å²) >= 11 is 0. The van der Waals surface area contributed by atoms with E-state index in [1.165, 1.54) is 6.92 Å². The van der Waals surface area contributed by atoms with Crippen molar-refractivity contribution in [1.82, 2.24) is 10.6 Å². The molecule has 1 aromatic rings. The predicted octanol–water partition coefficient (Wildman–Crippen LogP) is 1.59. The first kappa shape index (κ1) is 16.0. The Bertz CT molecular complexity index is 441. The Labute approximate surface area is 119 Å². The Kier molecular flexibility index (Phi) is 6.56. The molecular weight excluding hydrogens is 256 g/mol. The molecule has 0 atom stereocenters. The highest BCUT2D eigenvalue weighted by Gasteiger charge is 2.05. The van der Waals surface area contributed by atoms with Crippen molar-refractivity contribution in [1.29, 1.82) is 0 Å². The van der Waals surface area contributed by atoms with Crippen molar-refractivity contribution in [2.45, 2.75) is 20.8 Å². The van der Waals surface area contributed by atoms with Crippen LogP contribution in [0, 0.1) is 5.92 Å². The summed E-state index contributed by atoms with van der Waals surface area (Å²) in [6.45, 7) is 7.09. The monoisotopic (exact) mass is 278 g/mol. The Hall–Kier alpha value is -2.04. The minimum Gasteiger partial charge on any atom is -0.493 e. The molecule has 0 aliphatic carbocycles. The van der Waals surface area contributed by atoms with Gasteiger partial charge in [-0.1, -0.05) is 13.8 Å². The summed E-state index contributed by atoms with van der Waals surface area (Å²) < 4.78 is 5.55. The van der Waals surface area contributed by atoms with Gasteiger partial charge in [-0.25, -0.2) is 0 Å². The molecule has 0 bridgehead atoms. The lowest BCUT2D eigenvalue weighted by molar-refractivity contribution is -0.118. The minimum atomic E-state index is -0.161. The van der Waals surface area contributed by atoms with E-state index < -0.39 is 0 Å². The molecule has 0 heterocycles. The standard InChI is InChI=1S/C15H22N2O3/c1-11(2)10-20-14-6-4-13(5-7-14)15(19)17-9-8-16-12(3)18/h4-7,11H,8-10H2,1-3H3,(H,16,18)(H,17,19). The molecule has 1 rings (SSSR count). The van der Waals surface area contributed by atoms with Gasteiger partial charge in [0.2, 0.25) is 5.91 Å². The third kappa shape index (κ3) is 6.22. The number of hydrogen-bond acceptors (Lipinski definition) is 3. The second-order valence-electron chi connectivity index (χ2n) is 4.97. The quantitative estimate of drug-likeness (QED) is 0.744. The molecule has 0 spiro atoms. The van der Waals surface area contributed by atoms with Crippen LogP contribution in [0.25, 0.3) is 0 Å². The van der Waals surface area contributed by atoms with E-state index in [1.807, 2.05) is 0 Å².